The maximum atomic E-state index is 12.8. The van der Waals surface area contributed by atoms with Crippen LogP contribution in [0.3, 0.4) is 0 Å². The smallest absolute Gasteiger partial charge is 0.261 e. The summed E-state index contributed by atoms with van der Waals surface area (Å²) in [6, 6.07) is 34.0. The molecule has 0 radical (unpaired) electrons. The molecule has 2 aliphatic rings. The fourth-order valence-corrected chi connectivity index (χ4v) is 6.89. The van der Waals surface area contributed by atoms with E-state index < -0.39 is 16.3 Å². The summed E-state index contributed by atoms with van der Waals surface area (Å²) in [5, 5.41) is 9.51. The summed E-state index contributed by atoms with van der Waals surface area (Å²) in [6.45, 7) is 5.74. The average molecular weight is 614 g/mol. The van der Waals surface area contributed by atoms with Gasteiger partial charge in [-0.3, -0.25) is 14.5 Å². The number of piperazine rings is 1. The number of nitrogens with zero attached hydrogens (tertiary/aromatic N) is 2. The molecule has 0 aliphatic carbocycles. The summed E-state index contributed by atoms with van der Waals surface area (Å²) in [6.07, 6.45) is -0.112. The van der Waals surface area contributed by atoms with Crippen molar-refractivity contribution in [3.8, 4) is 0 Å². The van der Waals surface area contributed by atoms with Crippen LogP contribution in [0.1, 0.15) is 41.1 Å². The number of hydrogen-bond donors (Lipinski definition) is 2. The third-order valence-corrected chi connectivity index (χ3v) is 9.68. The van der Waals surface area contributed by atoms with E-state index in [0.29, 0.717) is 12.1 Å². The highest BCUT2D eigenvalue weighted by atomic mass is 32.2. The van der Waals surface area contributed by atoms with Gasteiger partial charge >= 0.3 is 0 Å². The molecule has 4 aromatic carbocycles. The van der Waals surface area contributed by atoms with Crippen LogP contribution in [-0.2, 0) is 32.6 Å². The van der Waals surface area contributed by atoms with Crippen molar-refractivity contribution in [1.82, 2.24) is 9.80 Å². The van der Waals surface area contributed by atoms with Crippen molar-refractivity contribution < 1.29 is 23.0 Å². The van der Waals surface area contributed by atoms with Gasteiger partial charge in [-0.2, -0.15) is 0 Å². The Morgan fingerprint density at radius 3 is 1.98 bits per heavy atom. The quantitative estimate of drug-likeness (QED) is 0.250. The van der Waals surface area contributed by atoms with Crippen LogP contribution in [-0.4, -0.2) is 62.2 Å². The first-order valence-electron chi connectivity index (χ1n) is 15.1. The lowest BCUT2D eigenvalue weighted by molar-refractivity contribution is -0.253. The second-order valence-corrected chi connectivity index (χ2v) is 13.1. The van der Waals surface area contributed by atoms with Crippen molar-refractivity contribution in [2.24, 2.45) is 0 Å². The van der Waals surface area contributed by atoms with Gasteiger partial charge in [-0.05, 0) is 41.0 Å². The highest BCUT2D eigenvalue weighted by Gasteiger charge is 2.34. The van der Waals surface area contributed by atoms with Crippen LogP contribution in [0.15, 0.2) is 114 Å². The summed E-state index contributed by atoms with van der Waals surface area (Å²) < 4.78 is 41.3. The van der Waals surface area contributed by atoms with Gasteiger partial charge < -0.3 is 14.6 Å². The van der Waals surface area contributed by atoms with E-state index in [-0.39, 0.29) is 23.7 Å². The molecule has 2 aliphatic heterocycles. The zero-order valence-electron chi connectivity index (χ0n) is 24.7. The minimum atomic E-state index is -3.69. The van der Waals surface area contributed by atoms with Crippen LogP contribution in [0.4, 0.5) is 5.69 Å². The molecule has 3 unspecified atom stereocenters. The number of benzene rings is 4. The molecule has 4 aromatic rings. The van der Waals surface area contributed by atoms with Gasteiger partial charge in [0.25, 0.3) is 10.0 Å². The lowest BCUT2D eigenvalue weighted by atomic mass is 9.99. The third kappa shape index (κ3) is 7.74. The molecular weight excluding hydrogens is 574 g/mol. The normalized spacial score (nSPS) is 21.6. The molecule has 2 fully saturated rings. The predicted octanol–water partition coefficient (Wildman–Crippen LogP) is 5.34. The Hall–Kier alpha value is -3.57. The van der Waals surface area contributed by atoms with Crippen LogP contribution in [0, 0.1) is 0 Å². The Bertz CT molecular complexity index is 1580. The van der Waals surface area contributed by atoms with Gasteiger partial charge in [0.1, 0.15) is 0 Å². The molecular formula is C35H39N3O5S. The lowest BCUT2D eigenvalue weighted by Crippen LogP contribution is -2.49. The Morgan fingerprint density at radius 1 is 0.705 bits per heavy atom. The van der Waals surface area contributed by atoms with Crippen LogP contribution in [0.25, 0.3) is 0 Å². The molecule has 2 heterocycles. The molecule has 0 bridgehead atoms. The van der Waals surface area contributed by atoms with Gasteiger partial charge in [0.2, 0.25) is 0 Å². The lowest BCUT2D eigenvalue weighted by Gasteiger charge is -2.40. The Morgan fingerprint density at radius 2 is 1.32 bits per heavy atom. The van der Waals surface area contributed by atoms with E-state index in [9.17, 15) is 13.5 Å². The van der Waals surface area contributed by atoms with Crippen molar-refractivity contribution in [3.63, 3.8) is 0 Å². The molecule has 0 spiro atoms. The highest BCUT2D eigenvalue weighted by Crippen LogP contribution is 2.38. The number of aliphatic hydroxyl groups is 1. The van der Waals surface area contributed by atoms with E-state index in [1.165, 1.54) is 5.56 Å². The van der Waals surface area contributed by atoms with Gasteiger partial charge in [-0.15, -0.1) is 0 Å². The molecule has 0 aromatic heterocycles. The first kappa shape index (κ1) is 30.5. The summed E-state index contributed by atoms with van der Waals surface area (Å²) in [5.74, 6) is 0. The molecule has 6 rings (SSSR count). The van der Waals surface area contributed by atoms with Crippen molar-refractivity contribution in [2.45, 2.75) is 43.0 Å². The standard InChI is InChI=1S/C35H39N3O5S/c39-26-28-11-13-29(14-12-28)34-23-32(25-38-21-19-37(20-22-38)24-27-7-3-1-4-8-27)42-35(43-34)30-15-17-31(18-16-30)36-44(40,41)33-9-5-2-6-10-33/h1-18,32,34-36,39H,19-26H2. The summed E-state index contributed by atoms with van der Waals surface area (Å²) >= 11 is 0. The molecule has 3 atom stereocenters. The van der Waals surface area contributed by atoms with E-state index in [2.05, 4.69) is 44.9 Å². The predicted molar refractivity (Wildman–Crippen MR) is 170 cm³/mol. The van der Waals surface area contributed by atoms with Gasteiger partial charge in [-0.25, -0.2) is 8.42 Å². The van der Waals surface area contributed by atoms with Gasteiger partial charge in [0.05, 0.1) is 23.7 Å². The van der Waals surface area contributed by atoms with Crippen molar-refractivity contribution in [2.75, 3.05) is 37.4 Å². The fourth-order valence-electron chi connectivity index (χ4n) is 5.81. The minimum Gasteiger partial charge on any atom is -0.392 e. The van der Waals surface area contributed by atoms with Gasteiger partial charge in [0.15, 0.2) is 6.29 Å². The zero-order valence-corrected chi connectivity index (χ0v) is 25.5. The Balaban J connectivity index is 1.13. The van der Waals surface area contributed by atoms with E-state index >= 15 is 0 Å². The first-order chi connectivity index (χ1) is 21.4. The Kier molecular flexibility index (Phi) is 9.71. The van der Waals surface area contributed by atoms with Gasteiger partial charge in [-0.1, -0.05) is 84.9 Å². The first-order valence-corrected chi connectivity index (χ1v) is 16.6. The molecule has 2 saturated heterocycles. The number of nitrogens with one attached hydrogen (secondary N) is 1. The maximum Gasteiger partial charge on any atom is 0.261 e. The highest BCUT2D eigenvalue weighted by molar-refractivity contribution is 7.92. The molecule has 44 heavy (non-hydrogen) atoms. The van der Waals surface area contributed by atoms with Crippen LogP contribution in [0.5, 0.6) is 0 Å². The molecule has 0 saturated carbocycles. The van der Waals surface area contributed by atoms with E-state index in [0.717, 1.165) is 56.0 Å². The molecule has 9 heteroatoms. The van der Waals surface area contributed by atoms with Crippen LogP contribution < -0.4 is 4.72 Å². The fraction of sp³-hybridized carbons (Fsp3) is 0.314. The summed E-state index contributed by atoms with van der Waals surface area (Å²) in [4.78, 5) is 5.18. The number of ether oxygens (including phenoxy) is 2. The minimum absolute atomic E-state index is 0.00318. The number of rotatable bonds is 10. The average Bonchev–Trinajstić information content (AvgIpc) is 3.07. The Labute approximate surface area is 259 Å². The monoisotopic (exact) mass is 613 g/mol. The van der Waals surface area contributed by atoms with E-state index in [4.69, 9.17) is 9.47 Å². The van der Waals surface area contributed by atoms with Crippen LogP contribution in [0.2, 0.25) is 0 Å². The SMILES string of the molecule is O=S(=O)(Nc1ccc(C2OC(CN3CCN(Cc4ccccc4)CC3)CC(c3ccc(CO)cc3)O2)cc1)c1ccccc1. The molecule has 8 nitrogen and oxygen atoms in total. The third-order valence-electron chi connectivity index (χ3n) is 8.28. The van der Waals surface area contributed by atoms with Crippen molar-refractivity contribution in [1.29, 1.82) is 0 Å². The second kappa shape index (κ2) is 14.0. The van der Waals surface area contributed by atoms with Crippen LogP contribution >= 0.6 is 0 Å². The number of sulfonamides is 1. The summed E-state index contributed by atoms with van der Waals surface area (Å²) in [5.41, 5.74) is 4.53. The van der Waals surface area contributed by atoms with Gasteiger partial charge in [0, 0.05) is 56.9 Å². The molecule has 2 N–H and O–H groups in total. The molecule has 0 amide bonds. The number of aliphatic hydroxyl groups excluding tert-OH is 1. The summed E-state index contributed by atoms with van der Waals surface area (Å²) in [7, 11) is -3.69. The second-order valence-electron chi connectivity index (χ2n) is 11.5. The zero-order chi connectivity index (χ0) is 30.4. The number of anilines is 1. The van der Waals surface area contributed by atoms with Crippen molar-refractivity contribution in [3.05, 3.63) is 131 Å². The molecule has 230 valence electrons. The van der Waals surface area contributed by atoms with E-state index in [1.54, 1.807) is 42.5 Å². The van der Waals surface area contributed by atoms with E-state index in [1.807, 2.05) is 36.4 Å². The maximum absolute atomic E-state index is 12.8. The largest absolute Gasteiger partial charge is 0.392 e. The topological polar surface area (TPSA) is 91.3 Å². The van der Waals surface area contributed by atoms with Crippen molar-refractivity contribution >= 4 is 15.7 Å². The number of hydrogen-bond acceptors (Lipinski definition) is 7.